The van der Waals surface area contributed by atoms with Crippen LogP contribution >= 0.6 is 0 Å². The molecular weight excluding hydrogens is 432 g/mol. The maximum atomic E-state index is 13.1. The van der Waals surface area contributed by atoms with E-state index in [0.29, 0.717) is 19.4 Å². The zero-order valence-corrected chi connectivity index (χ0v) is 19.1. The first-order chi connectivity index (χ1) is 16.4. The lowest BCUT2D eigenvalue weighted by atomic mass is 9.91. The second-order valence-electron chi connectivity index (χ2n) is 8.87. The Labute approximate surface area is 199 Å². The zero-order chi connectivity index (χ0) is 24.2. The number of terminal acetylenes is 1. The first-order valence-corrected chi connectivity index (χ1v) is 11.5. The van der Waals surface area contributed by atoms with E-state index in [2.05, 4.69) is 23.4 Å². The lowest BCUT2D eigenvalue weighted by Gasteiger charge is -2.38. The zero-order valence-electron chi connectivity index (χ0n) is 19.1. The van der Waals surface area contributed by atoms with Crippen LogP contribution in [0.25, 0.3) is 11.1 Å². The average molecular weight is 461 g/mol. The Kier molecular flexibility index (Phi) is 6.87. The van der Waals surface area contributed by atoms with Crippen molar-refractivity contribution in [1.29, 1.82) is 0 Å². The summed E-state index contributed by atoms with van der Waals surface area (Å²) in [7, 11) is 0. The van der Waals surface area contributed by atoms with Crippen LogP contribution in [0.3, 0.4) is 0 Å². The van der Waals surface area contributed by atoms with Crippen LogP contribution in [0.2, 0.25) is 0 Å². The molecule has 7 nitrogen and oxygen atoms in total. The largest absolute Gasteiger partial charge is 0.481 e. The number of rotatable bonds is 6. The van der Waals surface area contributed by atoms with Gasteiger partial charge < -0.3 is 20.1 Å². The number of benzene rings is 2. The van der Waals surface area contributed by atoms with Gasteiger partial charge in [0, 0.05) is 24.9 Å². The second-order valence-corrected chi connectivity index (χ2v) is 8.87. The van der Waals surface area contributed by atoms with Crippen molar-refractivity contribution in [3.8, 4) is 23.5 Å². The van der Waals surface area contributed by atoms with Crippen molar-refractivity contribution in [1.82, 2.24) is 10.2 Å². The number of alkyl carbamates (subject to hydrolysis) is 1. The Hall–Kier alpha value is -3.79. The number of carbonyl (C=O) groups is 3. The molecule has 176 valence electrons. The van der Waals surface area contributed by atoms with Crippen LogP contribution in [0.5, 0.6) is 0 Å². The second kappa shape index (κ2) is 10.0. The van der Waals surface area contributed by atoms with Gasteiger partial charge in [-0.3, -0.25) is 9.59 Å². The van der Waals surface area contributed by atoms with E-state index in [-0.39, 0.29) is 30.9 Å². The molecule has 0 bridgehead atoms. The molecule has 1 heterocycles. The molecule has 2 aromatic rings. The van der Waals surface area contributed by atoms with E-state index in [1.165, 1.54) is 0 Å². The van der Waals surface area contributed by atoms with Crippen molar-refractivity contribution >= 4 is 18.0 Å². The minimum atomic E-state index is -0.926. The SMILES string of the molecule is C#CCC(NC(=O)OCC1c2ccccc2-c2ccccc21)C(=O)N1CC[C@@H](C(=O)O)C[C@H]1C. The Morgan fingerprint density at radius 1 is 1.15 bits per heavy atom. The van der Waals surface area contributed by atoms with E-state index in [0.717, 1.165) is 22.3 Å². The number of carboxylic acids is 1. The summed E-state index contributed by atoms with van der Waals surface area (Å²) in [6, 6.07) is 14.9. The third-order valence-corrected chi connectivity index (χ3v) is 6.76. The van der Waals surface area contributed by atoms with Gasteiger partial charge >= 0.3 is 12.1 Å². The van der Waals surface area contributed by atoms with E-state index in [1.807, 2.05) is 43.3 Å². The number of hydrogen-bond donors (Lipinski definition) is 2. The highest BCUT2D eigenvalue weighted by Crippen LogP contribution is 2.44. The molecule has 4 rings (SSSR count). The molecule has 1 unspecified atom stereocenters. The van der Waals surface area contributed by atoms with Crippen LogP contribution in [-0.2, 0) is 14.3 Å². The summed E-state index contributed by atoms with van der Waals surface area (Å²) in [6.07, 6.45) is 5.52. The quantitative estimate of drug-likeness (QED) is 0.642. The first-order valence-electron chi connectivity index (χ1n) is 11.5. The third kappa shape index (κ3) is 4.62. The molecule has 7 heteroatoms. The van der Waals surface area contributed by atoms with Gasteiger partial charge in [-0.15, -0.1) is 12.3 Å². The average Bonchev–Trinajstić information content (AvgIpc) is 3.15. The molecule has 0 spiro atoms. The monoisotopic (exact) mass is 460 g/mol. The third-order valence-electron chi connectivity index (χ3n) is 6.76. The molecule has 1 saturated heterocycles. The van der Waals surface area contributed by atoms with E-state index < -0.39 is 24.0 Å². The van der Waals surface area contributed by atoms with Crippen molar-refractivity contribution in [2.45, 2.75) is 44.2 Å². The lowest BCUT2D eigenvalue weighted by molar-refractivity contribution is -0.148. The maximum Gasteiger partial charge on any atom is 0.407 e. The number of amides is 2. The predicted molar refractivity (Wildman–Crippen MR) is 127 cm³/mol. The molecule has 2 aliphatic rings. The minimum absolute atomic E-state index is 0.0224. The van der Waals surface area contributed by atoms with Gasteiger partial charge in [-0.1, -0.05) is 48.5 Å². The summed E-state index contributed by atoms with van der Waals surface area (Å²) in [6.45, 7) is 2.26. The molecule has 0 saturated carbocycles. The molecular formula is C27H28N2O5. The molecule has 1 aliphatic heterocycles. The van der Waals surface area contributed by atoms with Crippen LogP contribution in [0, 0.1) is 18.3 Å². The maximum absolute atomic E-state index is 13.1. The standard InChI is InChI=1S/C27H28N2O5/c1-3-8-24(25(30)29-14-13-18(26(31)32)15-17(29)2)28-27(33)34-16-23-21-11-6-4-9-19(21)20-10-5-7-12-22(20)23/h1,4-7,9-12,17-18,23-24H,8,13-16H2,2H3,(H,28,33)(H,31,32)/t17-,18-,24?/m1/s1. The summed E-state index contributed by atoms with van der Waals surface area (Å²) in [5, 5.41) is 11.9. The fourth-order valence-corrected chi connectivity index (χ4v) is 5.02. The summed E-state index contributed by atoms with van der Waals surface area (Å²) < 4.78 is 5.56. The number of carboxylic acid groups (broad SMARTS) is 1. The summed E-state index contributed by atoms with van der Waals surface area (Å²) >= 11 is 0. The van der Waals surface area contributed by atoms with Crippen molar-refractivity contribution in [2.24, 2.45) is 5.92 Å². The number of likely N-dealkylation sites (tertiary alicyclic amines) is 1. The number of aliphatic carboxylic acids is 1. The van der Waals surface area contributed by atoms with Gasteiger partial charge in [0.25, 0.3) is 0 Å². The van der Waals surface area contributed by atoms with Crippen LogP contribution in [0.15, 0.2) is 48.5 Å². The van der Waals surface area contributed by atoms with Crippen molar-refractivity contribution in [2.75, 3.05) is 13.2 Å². The number of hydrogen-bond acceptors (Lipinski definition) is 4. The smallest absolute Gasteiger partial charge is 0.407 e. The highest BCUT2D eigenvalue weighted by molar-refractivity contribution is 5.86. The molecule has 0 radical (unpaired) electrons. The molecule has 3 atom stereocenters. The highest BCUT2D eigenvalue weighted by atomic mass is 16.5. The van der Waals surface area contributed by atoms with Gasteiger partial charge in [-0.2, -0.15) is 0 Å². The molecule has 2 N–H and O–H groups in total. The molecule has 2 aromatic carbocycles. The van der Waals surface area contributed by atoms with Crippen LogP contribution in [0.1, 0.15) is 43.2 Å². The van der Waals surface area contributed by atoms with Gasteiger partial charge in [0.1, 0.15) is 12.6 Å². The number of nitrogens with one attached hydrogen (secondary N) is 1. The number of nitrogens with zero attached hydrogens (tertiary/aromatic N) is 1. The predicted octanol–water partition coefficient (Wildman–Crippen LogP) is 3.63. The summed E-state index contributed by atoms with van der Waals surface area (Å²) in [4.78, 5) is 38.7. The summed E-state index contributed by atoms with van der Waals surface area (Å²) in [5.74, 6) is 0.718. The Bertz CT molecular complexity index is 1090. The van der Waals surface area contributed by atoms with E-state index in [9.17, 15) is 19.5 Å². The normalized spacial score (nSPS) is 19.9. The summed E-state index contributed by atoms with van der Waals surface area (Å²) in [5.41, 5.74) is 4.46. The number of fused-ring (bicyclic) bond motifs is 3. The topological polar surface area (TPSA) is 95.9 Å². The fraction of sp³-hybridized carbons (Fsp3) is 0.370. The van der Waals surface area contributed by atoms with Gasteiger partial charge in [0.2, 0.25) is 5.91 Å². The van der Waals surface area contributed by atoms with Gasteiger partial charge in [0.05, 0.1) is 5.92 Å². The Morgan fingerprint density at radius 3 is 2.32 bits per heavy atom. The fourth-order valence-electron chi connectivity index (χ4n) is 5.02. The number of piperidine rings is 1. The van der Waals surface area contributed by atoms with Crippen LogP contribution < -0.4 is 5.32 Å². The first kappa shape index (κ1) is 23.4. The van der Waals surface area contributed by atoms with Crippen LogP contribution in [-0.4, -0.2) is 53.2 Å². The van der Waals surface area contributed by atoms with Crippen LogP contribution in [0.4, 0.5) is 4.79 Å². The Morgan fingerprint density at radius 2 is 1.76 bits per heavy atom. The van der Waals surface area contributed by atoms with Crippen molar-refractivity contribution in [3.05, 3.63) is 59.7 Å². The van der Waals surface area contributed by atoms with E-state index >= 15 is 0 Å². The number of ether oxygens (including phenoxy) is 1. The Balaban J connectivity index is 1.40. The van der Waals surface area contributed by atoms with E-state index in [4.69, 9.17) is 11.2 Å². The lowest BCUT2D eigenvalue weighted by Crippen LogP contribution is -2.54. The minimum Gasteiger partial charge on any atom is -0.481 e. The van der Waals surface area contributed by atoms with Gasteiger partial charge in [-0.25, -0.2) is 4.79 Å². The van der Waals surface area contributed by atoms with Gasteiger partial charge in [0.15, 0.2) is 0 Å². The highest BCUT2D eigenvalue weighted by Gasteiger charge is 2.36. The number of carbonyl (C=O) groups excluding carboxylic acids is 2. The van der Waals surface area contributed by atoms with E-state index in [1.54, 1.807) is 4.90 Å². The van der Waals surface area contributed by atoms with Gasteiger partial charge in [-0.05, 0) is 42.0 Å². The van der Waals surface area contributed by atoms with Crippen molar-refractivity contribution < 1.29 is 24.2 Å². The molecule has 1 aliphatic carbocycles. The molecule has 1 fully saturated rings. The molecule has 2 amide bonds. The van der Waals surface area contributed by atoms with Crippen molar-refractivity contribution in [3.63, 3.8) is 0 Å². The molecule has 0 aromatic heterocycles. The molecule has 34 heavy (non-hydrogen) atoms.